The predicted octanol–water partition coefficient (Wildman–Crippen LogP) is 4.70. The monoisotopic (exact) mass is 506 g/mol. The van der Waals surface area contributed by atoms with Crippen LogP contribution in [0.4, 0.5) is 0 Å². The zero-order chi connectivity index (χ0) is 25.8. The highest BCUT2D eigenvalue weighted by molar-refractivity contribution is 7.99. The van der Waals surface area contributed by atoms with Crippen LogP contribution in [0.15, 0.2) is 64.5 Å². The third kappa shape index (κ3) is 4.74. The van der Waals surface area contributed by atoms with Crippen molar-refractivity contribution in [3.05, 3.63) is 76.1 Å². The first-order valence-corrected chi connectivity index (χ1v) is 12.0. The molecule has 186 valence electrons. The molecule has 8 nitrogen and oxygen atoms in total. The third-order valence-corrected chi connectivity index (χ3v) is 6.61. The highest BCUT2D eigenvalue weighted by atomic mass is 32.2. The van der Waals surface area contributed by atoms with Gasteiger partial charge in [-0.3, -0.25) is 14.2 Å². The van der Waals surface area contributed by atoms with Gasteiger partial charge in [0.1, 0.15) is 11.3 Å². The van der Waals surface area contributed by atoms with E-state index in [4.69, 9.17) is 23.9 Å². The molecule has 3 aromatic carbocycles. The number of ketones is 1. The van der Waals surface area contributed by atoms with Gasteiger partial charge in [0.2, 0.25) is 5.75 Å². The molecule has 9 heteroatoms. The molecule has 0 N–H and O–H groups in total. The van der Waals surface area contributed by atoms with Crippen molar-refractivity contribution in [2.75, 3.05) is 34.2 Å². The molecular formula is C27H26N2O6S. The summed E-state index contributed by atoms with van der Waals surface area (Å²) in [5, 5.41) is 0.623. The molecule has 0 aliphatic carbocycles. The number of Topliss-reactive ketones (excluding diaryl/α,β-unsaturated/α-hetero) is 1. The fraction of sp³-hybridized carbons (Fsp3) is 0.222. The number of carbonyl (C=O) groups is 1. The number of aryl methyl sites for hydroxylation is 1. The molecule has 0 saturated carbocycles. The Hall–Kier alpha value is -3.98. The van der Waals surface area contributed by atoms with Crippen LogP contribution in [-0.2, 0) is 0 Å². The van der Waals surface area contributed by atoms with Crippen molar-refractivity contribution in [1.29, 1.82) is 0 Å². The molecule has 4 rings (SSSR count). The van der Waals surface area contributed by atoms with Crippen LogP contribution in [0.5, 0.6) is 23.0 Å². The number of nitrogens with zero attached hydrogens (tertiary/aromatic N) is 2. The largest absolute Gasteiger partial charge is 0.497 e. The van der Waals surface area contributed by atoms with E-state index < -0.39 is 0 Å². The van der Waals surface area contributed by atoms with Crippen LogP contribution in [0.3, 0.4) is 0 Å². The summed E-state index contributed by atoms with van der Waals surface area (Å²) in [5.74, 6) is 1.61. The van der Waals surface area contributed by atoms with E-state index in [-0.39, 0.29) is 28.2 Å². The van der Waals surface area contributed by atoms with Gasteiger partial charge in [0.05, 0.1) is 45.3 Å². The maximum atomic E-state index is 13.8. The van der Waals surface area contributed by atoms with E-state index in [1.807, 2.05) is 19.1 Å². The van der Waals surface area contributed by atoms with Crippen molar-refractivity contribution >= 4 is 28.4 Å². The number of fused-ring (bicyclic) bond motifs is 1. The number of carbonyl (C=O) groups excluding carboxylic acids is 1. The van der Waals surface area contributed by atoms with Gasteiger partial charge in [0.15, 0.2) is 22.4 Å². The molecule has 0 atom stereocenters. The second-order valence-corrected chi connectivity index (χ2v) is 8.79. The molecule has 0 spiro atoms. The van der Waals surface area contributed by atoms with Gasteiger partial charge in [0.25, 0.3) is 5.56 Å². The molecule has 0 bridgehead atoms. The fourth-order valence-corrected chi connectivity index (χ4v) is 4.68. The van der Waals surface area contributed by atoms with Gasteiger partial charge in [-0.1, -0.05) is 41.6 Å². The first-order valence-electron chi connectivity index (χ1n) is 11.0. The Bertz CT molecular complexity index is 1460. The zero-order valence-corrected chi connectivity index (χ0v) is 21.5. The highest BCUT2D eigenvalue weighted by Gasteiger charge is 2.23. The highest BCUT2D eigenvalue weighted by Crippen LogP contribution is 2.42. The van der Waals surface area contributed by atoms with Gasteiger partial charge >= 0.3 is 0 Å². The Kier molecular flexibility index (Phi) is 7.49. The Balaban J connectivity index is 1.89. The SMILES string of the molecule is COc1ccc(-n2c(SCC(=O)c3ccc(C)cc3)nc3c(OC)c(OC)c(OC)cc3c2=O)cc1. The number of hydrogen-bond acceptors (Lipinski definition) is 8. The number of hydrogen-bond donors (Lipinski definition) is 0. The molecular weight excluding hydrogens is 480 g/mol. The lowest BCUT2D eigenvalue weighted by Crippen LogP contribution is -2.22. The van der Waals surface area contributed by atoms with Gasteiger partial charge in [-0.2, -0.15) is 0 Å². The van der Waals surface area contributed by atoms with Crippen molar-refractivity contribution < 1.29 is 23.7 Å². The van der Waals surface area contributed by atoms with E-state index in [9.17, 15) is 9.59 Å². The van der Waals surface area contributed by atoms with Gasteiger partial charge in [-0.15, -0.1) is 0 Å². The van der Waals surface area contributed by atoms with Gasteiger partial charge in [-0.25, -0.2) is 4.98 Å². The van der Waals surface area contributed by atoms with E-state index in [1.165, 1.54) is 37.7 Å². The summed E-state index contributed by atoms with van der Waals surface area (Å²) in [6, 6.07) is 16.0. The lowest BCUT2D eigenvalue weighted by Gasteiger charge is -2.17. The lowest BCUT2D eigenvalue weighted by atomic mass is 10.1. The zero-order valence-electron chi connectivity index (χ0n) is 20.7. The molecule has 0 saturated heterocycles. The Morgan fingerprint density at radius 2 is 1.56 bits per heavy atom. The van der Waals surface area contributed by atoms with E-state index in [0.717, 1.165) is 5.56 Å². The smallest absolute Gasteiger partial charge is 0.266 e. The molecule has 1 heterocycles. The number of aromatic nitrogens is 2. The minimum Gasteiger partial charge on any atom is -0.497 e. The molecule has 0 amide bonds. The van der Waals surface area contributed by atoms with Crippen molar-refractivity contribution in [3.63, 3.8) is 0 Å². The molecule has 0 fully saturated rings. The average molecular weight is 507 g/mol. The van der Waals surface area contributed by atoms with Crippen molar-refractivity contribution in [2.24, 2.45) is 0 Å². The molecule has 0 radical (unpaired) electrons. The van der Waals surface area contributed by atoms with Crippen molar-refractivity contribution in [3.8, 4) is 28.7 Å². The topological polar surface area (TPSA) is 88.9 Å². The van der Waals surface area contributed by atoms with Crippen molar-refractivity contribution in [2.45, 2.75) is 12.1 Å². The molecule has 0 aliphatic heterocycles. The quantitative estimate of drug-likeness (QED) is 0.183. The maximum absolute atomic E-state index is 13.8. The molecule has 4 aromatic rings. The summed E-state index contributed by atoms with van der Waals surface area (Å²) in [6.07, 6.45) is 0. The van der Waals surface area contributed by atoms with Crippen LogP contribution < -0.4 is 24.5 Å². The third-order valence-electron chi connectivity index (χ3n) is 5.67. The summed E-state index contributed by atoms with van der Waals surface area (Å²) in [5.41, 5.74) is 2.22. The number of thioether (sulfide) groups is 1. The number of ether oxygens (including phenoxy) is 4. The first kappa shape index (κ1) is 25.1. The Morgan fingerprint density at radius 1 is 0.889 bits per heavy atom. The van der Waals surface area contributed by atoms with Gasteiger partial charge < -0.3 is 18.9 Å². The summed E-state index contributed by atoms with van der Waals surface area (Å²) < 4.78 is 23.2. The number of benzene rings is 3. The Labute approximate surface area is 212 Å². The van der Waals surface area contributed by atoms with E-state index >= 15 is 0 Å². The normalized spacial score (nSPS) is 10.8. The first-order chi connectivity index (χ1) is 17.4. The van der Waals surface area contributed by atoms with Crippen LogP contribution in [0, 0.1) is 6.92 Å². The minimum atomic E-state index is -0.338. The van der Waals surface area contributed by atoms with E-state index in [2.05, 4.69) is 0 Å². The summed E-state index contributed by atoms with van der Waals surface area (Å²) in [4.78, 5) is 31.5. The van der Waals surface area contributed by atoms with Gasteiger partial charge in [-0.05, 0) is 37.3 Å². The van der Waals surface area contributed by atoms with Gasteiger partial charge in [0, 0.05) is 5.56 Å². The van der Waals surface area contributed by atoms with Crippen LogP contribution in [0.2, 0.25) is 0 Å². The van der Waals surface area contributed by atoms with Crippen molar-refractivity contribution in [1.82, 2.24) is 9.55 Å². The van der Waals surface area contributed by atoms with Crippen LogP contribution >= 0.6 is 11.8 Å². The van der Waals surface area contributed by atoms with Crippen LogP contribution in [-0.4, -0.2) is 49.5 Å². The predicted molar refractivity (Wildman–Crippen MR) is 140 cm³/mol. The van der Waals surface area contributed by atoms with E-state index in [1.54, 1.807) is 49.6 Å². The molecule has 36 heavy (non-hydrogen) atoms. The number of rotatable bonds is 9. The minimum absolute atomic E-state index is 0.0742. The molecule has 0 aliphatic rings. The standard InChI is InChI=1S/C27H26N2O6S/c1-16-6-8-17(9-7-16)21(30)15-36-27-28-23-20(14-22(33-3)24(34-4)25(23)35-5)26(31)29(27)18-10-12-19(32-2)13-11-18/h6-14H,15H2,1-5H3. The summed E-state index contributed by atoms with van der Waals surface area (Å²) in [6.45, 7) is 1.96. The average Bonchev–Trinajstić information content (AvgIpc) is 2.91. The summed E-state index contributed by atoms with van der Waals surface area (Å²) in [7, 11) is 6.02. The van der Waals surface area contributed by atoms with Crippen LogP contribution in [0.1, 0.15) is 15.9 Å². The fourth-order valence-electron chi connectivity index (χ4n) is 3.78. The van der Waals surface area contributed by atoms with E-state index in [0.29, 0.717) is 39.2 Å². The molecule has 0 unspecified atom stereocenters. The summed E-state index contributed by atoms with van der Waals surface area (Å²) >= 11 is 1.17. The molecule has 1 aromatic heterocycles. The maximum Gasteiger partial charge on any atom is 0.266 e. The second-order valence-electron chi connectivity index (χ2n) is 7.85. The Morgan fingerprint density at radius 3 is 2.14 bits per heavy atom. The van der Waals surface area contributed by atoms with Crippen LogP contribution in [0.25, 0.3) is 16.6 Å². The lowest BCUT2D eigenvalue weighted by molar-refractivity contribution is 0.102. The second kappa shape index (κ2) is 10.7. The number of methoxy groups -OCH3 is 4.